The molecule has 23 heavy (non-hydrogen) atoms. The van der Waals surface area contributed by atoms with Crippen LogP contribution in [0.3, 0.4) is 0 Å². The van der Waals surface area contributed by atoms with Crippen LogP contribution in [0.5, 0.6) is 0 Å². The molecular formula is C16H16N4O3. The van der Waals surface area contributed by atoms with Crippen LogP contribution < -0.4 is 5.32 Å². The van der Waals surface area contributed by atoms with Crippen molar-refractivity contribution in [2.45, 2.75) is 19.3 Å². The first-order chi connectivity index (χ1) is 11.1. The standard InChI is InChI=1S/C16H16N4O3/c21-15(11-5-2-1-3-6-11)17-12-7-4-8-13(9-12)20-10-14(16(22)23)18-19-20/h1-2,4,7-11H,3,5-6H2,(H,17,21)(H,22,23). The van der Waals surface area contributed by atoms with Gasteiger partial charge in [-0.25, -0.2) is 9.48 Å². The van der Waals surface area contributed by atoms with Crippen molar-refractivity contribution in [3.8, 4) is 5.69 Å². The molecule has 1 aliphatic rings. The third kappa shape index (κ3) is 3.45. The van der Waals surface area contributed by atoms with Gasteiger partial charge in [0.25, 0.3) is 0 Å². The summed E-state index contributed by atoms with van der Waals surface area (Å²) < 4.78 is 1.36. The van der Waals surface area contributed by atoms with E-state index < -0.39 is 5.97 Å². The van der Waals surface area contributed by atoms with E-state index in [0.717, 1.165) is 19.3 Å². The SMILES string of the molecule is O=C(O)c1cn(-c2cccc(NC(=O)C3CC=CCC3)c2)nn1. The maximum atomic E-state index is 12.3. The second-order valence-electron chi connectivity index (χ2n) is 5.37. The number of hydrogen-bond acceptors (Lipinski definition) is 4. The highest BCUT2D eigenvalue weighted by molar-refractivity contribution is 5.93. The van der Waals surface area contributed by atoms with Crippen LogP contribution in [0.1, 0.15) is 29.8 Å². The predicted octanol–water partition coefficient (Wildman–Crippen LogP) is 2.26. The molecule has 7 nitrogen and oxygen atoms in total. The Balaban J connectivity index is 1.75. The smallest absolute Gasteiger partial charge is 0.358 e. The van der Waals surface area contributed by atoms with Crippen molar-refractivity contribution >= 4 is 17.6 Å². The predicted molar refractivity (Wildman–Crippen MR) is 83.4 cm³/mol. The molecule has 0 aliphatic heterocycles. The van der Waals surface area contributed by atoms with Gasteiger partial charge in [-0.2, -0.15) is 0 Å². The summed E-state index contributed by atoms with van der Waals surface area (Å²) in [4.78, 5) is 23.1. The molecule has 1 aromatic heterocycles. The van der Waals surface area contributed by atoms with E-state index >= 15 is 0 Å². The van der Waals surface area contributed by atoms with Crippen LogP contribution in [-0.2, 0) is 4.79 Å². The number of benzene rings is 1. The maximum Gasteiger partial charge on any atom is 0.358 e. The fraction of sp³-hybridized carbons (Fsp3) is 0.250. The number of hydrogen-bond donors (Lipinski definition) is 2. The van der Waals surface area contributed by atoms with E-state index in [1.54, 1.807) is 24.3 Å². The van der Waals surface area contributed by atoms with Gasteiger partial charge in [-0.1, -0.05) is 23.4 Å². The van der Waals surface area contributed by atoms with Crippen molar-refractivity contribution in [1.29, 1.82) is 0 Å². The van der Waals surface area contributed by atoms with Crippen LogP contribution in [0.15, 0.2) is 42.6 Å². The van der Waals surface area contributed by atoms with Gasteiger partial charge in [0.1, 0.15) is 0 Å². The highest BCUT2D eigenvalue weighted by Gasteiger charge is 2.18. The van der Waals surface area contributed by atoms with Crippen molar-refractivity contribution in [1.82, 2.24) is 15.0 Å². The van der Waals surface area contributed by atoms with Crippen LogP contribution >= 0.6 is 0 Å². The number of carboxylic acids is 1. The quantitative estimate of drug-likeness (QED) is 0.844. The lowest BCUT2D eigenvalue weighted by Crippen LogP contribution is -2.23. The van der Waals surface area contributed by atoms with E-state index in [1.807, 2.05) is 6.08 Å². The van der Waals surface area contributed by atoms with Crippen molar-refractivity contribution in [2.24, 2.45) is 5.92 Å². The van der Waals surface area contributed by atoms with Gasteiger partial charge in [-0.05, 0) is 37.5 Å². The lowest BCUT2D eigenvalue weighted by molar-refractivity contribution is -0.120. The molecule has 2 N–H and O–H groups in total. The summed E-state index contributed by atoms with van der Waals surface area (Å²) in [7, 11) is 0. The number of nitrogens with one attached hydrogen (secondary N) is 1. The molecule has 0 spiro atoms. The molecule has 1 aromatic carbocycles. The lowest BCUT2D eigenvalue weighted by atomic mass is 9.93. The van der Waals surface area contributed by atoms with E-state index in [4.69, 9.17) is 5.11 Å². The topological polar surface area (TPSA) is 97.1 Å². The van der Waals surface area contributed by atoms with Gasteiger partial charge in [-0.15, -0.1) is 5.10 Å². The molecule has 1 atom stereocenters. The van der Waals surface area contributed by atoms with Gasteiger partial charge in [0, 0.05) is 11.6 Å². The molecule has 0 fully saturated rings. The molecule has 1 aliphatic carbocycles. The van der Waals surface area contributed by atoms with Crippen LogP contribution in [0.25, 0.3) is 5.69 Å². The molecule has 2 aromatic rings. The maximum absolute atomic E-state index is 12.3. The average molecular weight is 312 g/mol. The minimum atomic E-state index is -1.13. The van der Waals surface area contributed by atoms with Crippen molar-refractivity contribution < 1.29 is 14.7 Å². The Hall–Kier alpha value is -2.96. The molecule has 3 rings (SSSR count). The van der Waals surface area contributed by atoms with Crippen molar-refractivity contribution in [3.63, 3.8) is 0 Å². The Labute approximate surface area is 132 Å². The number of aromatic nitrogens is 3. The largest absolute Gasteiger partial charge is 0.476 e. The number of rotatable bonds is 4. The number of nitrogens with zero attached hydrogens (tertiary/aromatic N) is 3. The molecule has 7 heteroatoms. The average Bonchev–Trinajstić information content (AvgIpc) is 3.06. The molecule has 0 bridgehead atoms. The monoisotopic (exact) mass is 312 g/mol. The van der Waals surface area contributed by atoms with E-state index in [-0.39, 0.29) is 17.5 Å². The first-order valence-corrected chi connectivity index (χ1v) is 7.35. The first kappa shape index (κ1) is 15.0. The van der Waals surface area contributed by atoms with E-state index in [0.29, 0.717) is 11.4 Å². The van der Waals surface area contributed by atoms with Gasteiger partial charge < -0.3 is 10.4 Å². The minimum Gasteiger partial charge on any atom is -0.476 e. The second-order valence-corrected chi connectivity index (χ2v) is 5.37. The molecule has 1 heterocycles. The summed E-state index contributed by atoms with van der Waals surface area (Å²) in [6.45, 7) is 0. The molecule has 0 saturated heterocycles. The summed E-state index contributed by atoms with van der Waals surface area (Å²) in [6.07, 6.45) is 8.00. The van der Waals surface area contributed by atoms with E-state index in [9.17, 15) is 9.59 Å². The first-order valence-electron chi connectivity index (χ1n) is 7.35. The zero-order valence-electron chi connectivity index (χ0n) is 12.3. The molecule has 1 unspecified atom stereocenters. The van der Waals surface area contributed by atoms with E-state index in [2.05, 4.69) is 21.7 Å². The highest BCUT2D eigenvalue weighted by atomic mass is 16.4. The summed E-state index contributed by atoms with van der Waals surface area (Å²) >= 11 is 0. The third-order valence-corrected chi connectivity index (χ3v) is 3.73. The summed E-state index contributed by atoms with van der Waals surface area (Å²) in [5.74, 6) is -1.14. The zero-order chi connectivity index (χ0) is 16.2. The fourth-order valence-corrected chi connectivity index (χ4v) is 2.49. The Morgan fingerprint density at radius 1 is 1.30 bits per heavy atom. The zero-order valence-corrected chi connectivity index (χ0v) is 12.3. The highest BCUT2D eigenvalue weighted by Crippen LogP contribution is 2.21. The van der Waals surface area contributed by atoms with Crippen molar-refractivity contribution in [3.05, 3.63) is 48.3 Å². The van der Waals surface area contributed by atoms with Gasteiger partial charge in [0.2, 0.25) is 5.91 Å². The molecule has 1 amide bonds. The Morgan fingerprint density at radius 2 is 2.17 bits per heavy atom. The number of anilines is 1. The summed E-state index contributed by atoms with van der Waals surface area (Å²) in [5.41, 5.74) is 1.15. The number of aromatic carboxylic acids is 1. The lowest BCUT2D eigenvalue weighted by Gasteiger charge is -2.17. The Bertz CT molecular complexity index is 766. The normalized spacial score (nSPS) is 17.0. The summed E-state index contributed by atoms with van der Waals surface area (Å²) in [5, 5.41) is 19.1. The van der Waals surface area contributed by atoms with Gasteiger partial charge in [-0.3, -0.25) is 4.79 Å². The Kier molecular flexibility index (Phi) is 4.18. The number of allylic oxidation sites excluding steroid dienone is 2. The minimum absolute atomic E-state index is 0.00341. The van der Waals surface area contributed by atoms with E-state index in [1.165, 1.54) is 10.9 Å². The van der Waals surface area contributed by atoms with Crippen LogP contribution in [0, 0.1) is 5.92 Å². The molecule has 0 saturated carbocycles. The van der Waals surface area contributed by atoms with Crippen LogP contribution in [-0.4, -0.2) is 32.0 Å². The molecular weight excluding hydrogens is 296 g/mol. The fourth-order valence-electron chi connectivity index (χ4n) is 2.49. The van der Waals surface area contributed by atoms with Gasteiger partial charge >= 0.3 is 5.97 Å². The number of carbonyl (C=O) groups excluding carboxylic acids is 1. The third-order valence-electron chi connectivity index (χ3n) is 3.73. The van der Waals surface area contributed by atoms with Gasteiger partial charge in [0.15, 0.2) is 5.69 Å². The van der Waals surface area contributed by atoms with Crippen LogP contribution in [0.4, 0.5) is 5.69 Å². The Morgan fingerprint density at radius 3 is 2.87 bits per heavy atom. The summed E-state index contributed by atoms with van der Waals surface area (Å²) in [6, 6.07) is 7.05. The van der Waals surface area contributed by atoms with Crippen molar-refractivity contribution in [2.75, 3.05) is 5.32 Å². The number of carbonyl (C=O) groups is 2. The molecule has 0 radical (unpaired) electrons. The van der Waals surface area contributed by atoms with Gasteiger partial charge in [0.05, 0.1) is 11.9 Å². The van der Waals surface area contributed by atoms with Crippen LogP contribution in [0.2, 0.25) is 0 Å². The number of carboxylic acid groups (broad SMARTS) is 1. The second kappa shape index (κ2) is 6.43. The number of amides is 1. The molecule has 118 valence electrons.